The van der Waals surface area contributed by atoms with Gasteiger partial charge in [0.2, 0.25) is 5.67 Å². The molecule has 5 heteroatoms. The number of rotatable bonds is 6. The van der Waals surface area contributed by atoms with E-state index in [9.17, 15) is 4.79 Å². The van der Waals surface area contributed by atoms with Crippen molar-refractivity contribution in [1.82, 2.24) is 9.80 Å². The Morgan fingerprint density at radius 2 is 1.76 bits per heavy atom. The molecule has 4 rings (SSSR count). The molecule has 1 aromatic rings. The highest BCUT2D eigenvalue weighted by atomic mass is 19.2. The molecular weight excluding hydrogens is 322 g/mol. The van der Waals surface area contributed by atoms with Crippen LogP contribution in [0.4, 0.5) is 8.78 Å². The van der Waals surface area contributed by atoms with Gasteiger partial charge in [-0.25, -0.2) is 8.78 Å². The van der Waals surface area contributed by atoms with Gasteiger partial charge in [0.1, 0.15) is 0 Å². The van der Waals surface area contributed by atoms with Gasteiger partial charge in [0, 0.05) is 26.2 Å². The summed E-state index contributed by atoms with van der Waals surface area (Å²) in [6, 6.07) is 8.20. The fourth-order valence-electron chi connectivity index (χ4n) is 4.27. The van der Waals surface area contributed by atoms with E-state index in [1.165, 1.54) is 10.5 Å². The molecule has 1 amide bonds. The van der Waals surface area contributed by atoms with Gasteiger partial charge in [-0.1, -0.05) is 37.6 Å². The molecule has 0 N–H and O–H groups in total. The van der Waals surface area contributed by atoms with Crippen LogP contribution in [-0.2, 0) is 17.8 Å². The fourth-order valence-corrected chi connectivity index (χ4v) is 4.27. The maximum atomic E-state index is 15.3. The zero-order valence-electron chi connectivity index (χ0n) is 14.8. The minimum atomic E-state index is -2.37. The molecule has 136 valence electrons. The number of benzene rings is 1. The van der Waals surface area contributed by atoms with E-state index in [2.05, 4.69) is 19.1 Å². The maximum absolute atomic E-state index is 15.3. The first-order chi connectivity index (χ1) is 11.9. The molecule has 0 unspecified atom stereocenters. The number of carbonyl (C=O) groups is 1. The van der Waals surface area contributed by atoms with Crippen molar-refractivity contribution in [3.63, 3.8) is 0 Å². The van der Waals surface area contributed by atoms with Crippen LogP contribution in [0.25, 0.3) is 0 Å². The third-order valence-corrected chi connectivity index (χ3v) is 5.84. The lowest BCUT2D eigenvalue weighted by Crippen LogP contribution is -2.47. The molecule has 2 saturated heterocycles. The Kier molecular flexibility index (Phi) is 4.10. The molecule has 2 aliphatic heterocycles. The van der Waals surface area contributed by atoms with E-state index in [-0.39, 0.29) is 19.6 Å². The molecule has 3 nitrogen and oxygen atoms in total. The zero-order chi connectivity index (χ0) is 17.7. The normalized spacial score (nSPS) is 32.4. The summed E-state index contributed by atoms with van der Waals surface area (Å²) in [7, 11) is 0. The lowest BCUT2D eigenvalue weighted by atomic mass is 9.93. The van der Waals surface area contributed by atoms with Gasteiger partial charge in [-0.3, -0.25) is 9.69 Å². The number of halogens is 2. The second kappa shape index (κ2) is 6.04. The second-order valence-electron chi connectivity index (χ2n) is 8.11. The van der Waals surface area contributed by atoms with Crippen LogP contribution in [0.15, 0.2) is 24.3 Å². The first-order valence-corrected chi connectivity index (χ1v) is 9.41. The van der Waals surface area contributed by atoms with E-state index in [4.69, 9.17) is 0 Å². The molecule has 0 radical (unpaired) electrons. The van der Waals surface area contributed by atoms with Crippen LogP contribution in [0.2, 0.25) is 0 Å². The van der Waals surface area contributed by atoms with Crippen LogP contribution >= 0.6 is 0 Å². The Balaban J connectivity index is 1.43. The Morgan fingerprint density at radius 3 is 2.36 bits per heavy atom. The first kappa shape index (κ1) is 17.0. The Bertz CT molecular complexity index is 660. The number of aryl methyl sites for hydroxylation is 1. The summed E-state index contributed by atoms with van der Waals surface area (Å²) >= 11 is 0. The smallest absolute Gasteiger partial charge is 0.265 e. The van der Waals surface area contributed by atoms with Crippen molar-refractivity contribution in [2.75, 3.05) is 26.2 Å². The van der Waals surface area contributed by atoms with Gasteiger partial charge < -0.3 is 4.90 Å². The van der Waals surface area contributed by atoms with Gasteiger partial charge in [-0.15, -0.1) is 0 Å². The predicted molar refractivity (Wildman–Crippen MR) is 92.7 cm³/mol. The van der Waals surface area contributed by atoms with Crippen LogP contribution in [0.5, 0.6) is 0 Å². The number of hydrogen-bond donors (Lipinski definition) is 0. The van der Waals surface area contributed by atoms with Crippen molar-refractivity contribution in [1.29, 1.82) is 0 Å². The molecule has 25 heavy (non-hydrogen) atoms. The van der Waals surface area contributed by atoms with Crippen molar-refractivity contribution < 1.29 is 13.6 Å². The largest absolute Gasteiger partial charge is 0.336 e. The molecule has 2 heterocycles. The highest BCUT2D eigenvalue weighted by Gasteiger charge is 2.71. The van der Waals surface area contributed by atoms with E-state index in [1.54, 1.807) is 4.90 Å². The SMILES string of the molecule is CCCc1ccc(CN2C[C@]3(F)CN(CC4CC4)C(=O)[C@]3(F)C2)cc1. The molecule has 1 aliphatic carbocycles. The van der Waals surface area contributed by atoms with Gasteiger partial charge in [0.05, 0.1) is 6.54 Å². The zero-order valence-corrected chi connectivity index (χ0v) is 14.8. The van der Waals surface area contributed by atoms with Crippen molar-refractivity contribution in [2.24, 2.45) is 5.92 Å². The standard InChI is InChI=1S/C20H26F2N2O/c1-2-3-15-4-6-16(7-5-15)10-23-12-19(21)13-24(11-17-8-9-17)18(25)20(19,22)14-23/h4-7,17H,2-3,8-14H2,1H3/t19-,20+/m0/s1. The number of nitrogens with zero attached hydrogens (tertiary/aromatic N) is 2. The maximum Gasteiger partial charge on any atom is 0.265 e. The van der Waals surface area contributed by atoms with Crippen LogP contribution in [-0.4, -0.2) is 53.2 Å². The van der Waals surface area contributed by atoms with Crippen LogP contribution in [0, 0.1) is 5.92 Å². The predicted octanol–water partition coefficient (Wildman–Crippen LogP) is 3.12. The molecule has 3 aliphatic rings. The summed E-state index contributed by atoms with van der Waals surface area (Å²) in [4.78, 5) is 15.7. The summed E-state index contributed by atoms with van der Waals surface area (Å²) in [5.41, 5.74) is -2.13. The van der Waals surface area contributed by atoms with Crippen molar-refractivity contribution in [3.05, 3.63) is 35.4 Å². The highest BCUT2D eigenvalue weighted by Crippen LogP contribution is 2.47. The monoisotopic (exact) mass is 348 g/mol. The second-order valence-corrected chi connectivity index (χ2v) is 8.11. The number of alkyl halides is 2. The highest BCUT2D eigenvalue weighted by molar-refractivity contribution is 5.90. The molecule has 3 fully saturated rings. The summed E-state index contributed by atoms with van der Waals surface area (Å²) in [6.07, 6.45) is 4.28. The van der Waals surface area contributed by atoms with Crippen molar-refractivity contribution in [3.8, 4) is 0 Å². The average Bonchev–Trinajstić information content (AvgIpc) is 3.31. The molecule has 0 spiro atoms. The third kappa shape index (κ3) is 2.97. The summed E-state index contributed by atoms with van der Waals surface area (Å²) in [6.45, 7) is 2.91. The third-order valence-electron chi connectivity index (χ3n) is 5.84. The molecule has 2 atom stereocenters. The van der Waals surface area contributed by atoms with Crippen molar-refractivity contribution in [2.45, 2.75) is 50.5 Å². The summed E-state index contributed by atoms with van der Waals surface area (Å²) in [5, 5.41) is 0. The topological polar surface area (TPSA) is 23.6 Å². The summed E-state index contributed by atoms with van der Waals surface area (Å²) in [5.74, 6) is -0.185. The van der Waals surface area contributed by atoms with Crippen LogP contribution in [0.3, 0.4) is 0 Å². The van der Waals surface area contributed by atoms with Crippen LogP contribution < -0.4 is 0 Å². The van der Waals surface area contributed by atoms with Gasteiger partial charge in [-0.2, -0.15) is 0 Å². The molecule has 0 aromatic heterocycles. The Morgan fingerprint density at radius 1 is 1.08 bits per heavy atom. The number of amides is 1. The van der Waals surface area contributed by atoms with Gasteiger partial charge >= 0.3 is 0 Å². The van der Waals surface area contributed by atoms with E-state index >= 15 is 8.78 Å². The lowest BCUT2D eigenvalue weighted by Gasteiger charge is -2.22. The average molecular weight is 348 g/mol. The van der Waals surface area contributed by atoms with E-state index in [0.717, 1.165) is 31.2 Å². The number of fused-ring (bicyclic) bond motifs is 1. The van der Waals surface area contributed by atoms with E-state index in [0.29, 0.717) is 19.0 Å². The lowest BCUT2D eigenvalue weighted by molar-refractivity contribution is -0.139. The molecule has 1 saturated carbocycles. The van der Waals surface area contributed by atoms with Gasteiger partial charge in [0.25, 0.3) is 5.91 Å². The number of hydrogen-bond acceptors (Lipinski definition) is 2. The molecular formula is C20H26F2N2O. The first-order valence-electron chi connectivity index (χ1n) is 9.41. The minimum Gasteiger partial charge on any atom is -0.336 e. The fraction of sp³-hybridized carbons (Fsp3) is 0.650. The number of carbonyl (C=O) groups excluding carboxylic acids is 1. The van der Waals surface area contributed by atoms with E-state index in [1.807, 2.05) is 12.1 Å². The van der Waals surface area contributed by atoms with E-state index < -0.39 is 17.2 Å². The minimum absolute atomic E-state index is 0.00683. The van der Waals surface area contributed by atoms with Crippen molar-refractivity contribution >= 4 is 5.91 Å². The molecule has 1 aromatic carbocycles. The Hall–Kier alpha value is -1.49. The van der Waals surface area contributed by atoms with Gasteiger partial charge in [0.15, 0.2) is 5.67 Å². The quantitative estimate of drug-likeness (QED) is 0.789. The van der Waals surface area contributed by atoms with Crippen LogP contribution in [0.1, 0.15) is 37.3 Å². The molecule has 0 bridgehead atoms. The summed E-state index contributed by atoms with van der Waals surface area (Å²) < 4.78 is 30.6. The number of likely N-dealkylation sites (tertiary alicyclic amines) is 2. The van der Waals surface area contributed by atoms with Gasteiger partial charge in [-0.05, 0) is 36.3 Å². The Labute approximate surface area is 148 Å².